The monoisotopic (exact) mass is 335 g/mol. The molecule has 1 aliphatic heterocycles. The summed E-state index contributed by atoms with van der Waals surface area (Å²) in [5.41, 5.74) is 8.15. The lowest BCUT2D eigenvalue weighted by atomic mass is 10.0. The largest absolute Gasteiger partial charge is 0.397 e. The van der Waals surface area contributed by atoms with Gasteiger partial charge in [-0.25, -0.2) is 0 Å². The van der Waals surface area contributed by atoms with Crippen LogP contribution in [0.4, 0.5) is 5.69 Å². The van der Waals surface area contributed by atoms with Gasteiger partial charge >= 0.3 is 0 Å². The van der Waals surface area contributed by atoms with Gasteiger partial charge in [-0.15, -0.1) is 24.2 Å². The molecular weight excluding hydrogens is 318 g/mol. The molecule has 3 rings (SSSR count). The number of nitrogens with two attached hydrogens (primary N) is 1. The van der Waals surface area contributed by atoms with E-state index >= 15 is 0 Å². The molecule has 0 aliphatic carbocycles. The first-order valence-electron chi connectivity index (χ1n) is 6.94. The molecule has 1 atom stereocenters. The highest BCUT2D eigenvalue weighted by atomic mass is 35.5. The maximum Gasteiger partial charge on any atom is 0.226 e. The number of hydrogen-bond acceptors (Lipinski definition) is 4. The van der Waals surface area contributed by atoms with E-state index in [0.29, 0.717) is 5.69 Å². The van der Waals surface area contributed by atoms with Gasteiger partial charge in [0.2, 0.25) is 5.91 Å². The summed E-state index contributed by atoms with van der Waals surface area (Å²) in [5, 5.41) is 3.11. The lowest BCUT2D eigenvalue weighted by Crippen LogP contribution is -2.31. The second-order valence-corrected chi connectivity index (χ2v) is 6.19. The number of nitrogen functional groups attached to an aromatic ring is 1. The maximum atomic E-state index is 12.2. The minimum atomic E-state index is -0.000950. The Bertz CT molecular complexity index is 648. The molecule has 1 unspecified atom stereocenters. The third-order valence-electron chi connectivity index (χ3n) is 3.48. The number of halogens is 1. The van der Waals surface area contributed by atoms with E-state index in [4.69, 9.17) is 5.73 Å². The Morgan fingerprint density at radius 2 is 2.14 bits per heavy atom. The number of amides is 1. The van der Waals surface area contributed by atoms with E-state index in [0.717, 1.165) is 17.9 Å². The van der Waals surface area contributed by atoms with Crippen molar-refractivity contribution in [2.24, 2.45) is 0 Å². The molecule has 2 heterocycles. The number of carbonyl (C=O) groups excluding carboxylic acids is 1. The molecule has 3 N–H and O–H groups in total. The number of fused-ring (bicyclic) bond motifs is 1. The van der Waals surface area contributed by atoms with Crippen molar-refractivity contribution in [3.63, 3.8) is 0 Å². The van der Waals surface area contributed by atoms with Crippen molar-refractivity contribution in [2.75, 3.05) is 11.5 Å². The Kier molecular flexibility index (Phi) is 5.69. The number of pyridine rings is 1. The lowest BCUT2D eigenvalue weighted by Gasteiger charge is -2.25. The fourth-order valence-electron chi connectivity index (χ4n) is 2.44. The fourth-order valence-corrected chi connectivity index (χ4v) is 3.57. The zero-order chi connectivity index (χ0) is 14.7. The Labute approximate surface area is 140 Å². The van der Waals surface area contributed by atoms with Crippen molar-refractivity contribution in [1.29, 1.82) is 0 Å². The van der Waals surface area contributed by atoms with E-state index in [2.05, 4.69) is 22.4 Å². The van der Waals surface area contributed by atoms with E-state index in [1.165, 1.54) is 10.5 Å². The fraction of sp³-hybridized carbons (Fsp3) is 0.250. The highest BCUT2D eigenvalue weighted by Gasteiger charge is 2.21. The second kappa shape index (κ2) is 7.51. The molecule has 0 bridgehead atoms. The zero-order valence-corrected chi connectivity index (χ0v) is 13.6. The molecule has 0 saturated carbocycles. The van der Waals surface area contributed by atoms with Crippen LogP contribution in [0.3, 0.4) is 0 Å². The third kappa shape index (κ3) is 3.93. The topological polar surface area (TPSA) is 68.0 Å². The van der Waals surface area contributed by atoms with E-state index in [-0.39, 0.29) is 30.8 Å². The Balaban J connectivity index is 0.00000176. The molecule has 0 radical (unpaired) electrons. The van der Waals surface area contributed by atoms with Gasteiger partial charge < -0.3 is 11.1 Å². The van der Waals surface area contributed by atoms with Crippen molar-refractivity contribution in [3.8, 4) is 0 Å². The van der Waals surface area contributed by atoms with Crippen molar-refractivity contribution in [1.82, 2.24) is 10.3 Å². The number of rotatable bonds is 3. The van der Waals surface area contributed by atoms with Crippen molar-refractivity contribution < 1.29 is 4.79 Å². The van der Waals surface area contributed by atoms with Gasteiger partial charge in [-0.2, -0.15) is 0 Å². The number of nitrogens with one attached hydrogen (secondary N) is 1. The molecule has 2 aromatic rings. The Morgan fingerprint density at radius 1 is 1.32 bits per heavy atom. The van der Waals surface area contributed by atoms with Gasteiger partial charge in [-0.1, -0.05) is 18.2 Å². The second-order valence-electron chi connectivity index (χ2n) is 5.05. The molecule has 1 aromatic heterocycles. The quantitative estimate of drug-likeness (QED) is 0.904. The van der Waals surface area contributed by atoms with Crippen LogP contribution in [-0.2, 0) is 11.2 Å². The SMILES string of the molecule is Cl.Nc1ccc(CC(=O)NC2CCSc3ccccc32)nc1. The first-order chi connectivity index (χ1) is 10.2. The van der Waals surface area contributed by atoms with E-state index < -0.39 is 0 Å². The number of thioether (sulfide) groups is 1. The zero-order valence-electron chi connectivity index (χ0n) is 12.0. The van der Waals surface area contributed by atoms with Crippen LogP contribution in [0.5, 0.6) is 0 Å². The van der Waals surface area contributed by atoms with Crippen LogP contribution in [0, 0.1) is 0 Å². The van der Waals surface area contributed by atoms with E-state index in [1.54, 1.807) is 18.3 Å². The van der Waals surface area contributed by atoms with Gasteiger partial charge in [0.1, 0.15) is 0 Å². The summed E-state index contributed by atoms with van der Waals surface area (Å²) < 4.78 is 0. The minimum Gasteiger partial charge on any atom is -0.397 e. The Hall–Kier alpha value is -1.72. The molecule has 0 saturated heterocycles. The lowest BCUT2D eigenvalue weighted by molar-refractivity contribution is -0.121. The van der Waals surface area contributed by atoms with E-state index in [9.17, 15) is 4.79 Å². The number of benzene rings is 1. The number of carbonyl (C=O) groups is 1. The summed E-state index contributed by atoms with van der Waals surface area (Å²) in [4.78, 5) is 17.6. The molecule has 4 nitrogen and oxygen atoms in total. The summed E-state index contributed by atoms with van der Waals surface area (Å²) in [6.07, 6.45) is 2.82. The smallest absolute Gasteiger partial charge is 0.226 e. The van der Waals surface area contributed by atoms with Gasteiger partial charge in [-0.05, 0) is 30.2 Å². The third-order valence-corrected chi connectivity index (χ3v) is 4.61. The molecule has 0 fully saturated rings. The predicted molar refractivity (Wildman–Crippen MR) is 92.3 cm³/mol. The Morgan fingerprint density at radius 3 is 2.91 bits per heavy atom. The first kappa shape index (κ1) is 16.6. The van der Waals surface area contributed by atoms with Crippen LogP contribution in [-0.4, -0.2) is 16.6 Å². The van der Waals surface area contributed by atoms with Crippen LogP contribution in [0.15, 0.2) is 47.5 Å². The number of nitrogens with zero attached hydrogens (tertiary/aromatic N) is 1. The molecule has 6 heteroatoms. The molecule has 1 aliphatic rings. The highest BCUT2D eigenvalue weighted by Crippen LogP contribution is 2.35. The van der Waals surface area contributed by atoms with Crippen molar-refractivity contribution in [2.45, 2.75) is 23.8 Å². The van der Waals surface area contributed by atoms with Crippen molar-refractivity contribution in [3.05, 3.63) is 53.9 Å². The summed E-state index contributed by atoms with van der Waals surface area (Å²) in [6.45, 7) is 0. The number of aromatic nitrogens is 1. The van der Waals surface area contributed by atoms with Crippen LogP contribution in [0.25, 0.3) is 0 Å². The van der Waals surface area contributed by atoms with Crippen LogP contribution in [0.1, 0.15) is 23.7 Å². The van der Waals surface area contributed by atoms with Crippen LogP contribution >= 0.6 is 24.2 Å². The molecule has 0 spiro atoms. The number of anilines is 1. The van der Waals surface area contributed by atoms with Gasteiger partial charge in [-0.3, -0.25) is 9.78 Å². The summed E-state index contributed by atoms with van der Waals surface area (Å²) in [7, 11) is 0. The van der Waals surface area contributed by atoms with Gasteiger partial charge in [0.25, 0.3) is 0 Å². The predicted octanol–water partition coefficient (Wildman–Crippen LogP) is 2.98. The molecule has 1 aromatic carbocycles. The van der Waals surface area contributed by atoms with Gasteiger partial charge in [0, 0.05) is 16.3 Å². The van der Waals surface area contributed by atoms with Crippen molar-refractivity contribution >= 4 is 35.8 Å². The first-order valence-corrected chi connectivity index (χ1v) is 7.92. The minimum absolute atomic E-state index is 0. The van der Waals surface area contributed by atoms with Crippen LogP contribution in [0.2, 0.25) is 0 Å². The summed E-state index contributed by atoms with van der Waals surface area (Å²) >= 11 is 1.85. The molecule has 22 heavy (non-hydrogen) atoms. The molecular formula is C16H18ClN3OS. The summed E-state index contributed by atoms with van der Waals surface area (Å²) in [6, 6.07) is 11.9. The standard InChI is InChI=1S/C16H17N3OS.ClH/c17-11-5-6-12(18-10-11)9-16(20)19-14-7-8-21-15-4-2-1-3-13(14)15;/h1-6,10,14H,7-9,17H2,(H,19,20);1H. The van der Waals surface area contributed by atoms with Crippen LogP contribution < -0.4 is 11.1 Å². The highest BCUT2D eigenvalue weighted by molar-refractivity contribution is 7.99. The normalized spacial score (nSPS) is 16.3. The van der Waals surface area contributed by atoms with Gasteiger partial charge in [0.05, 0.1) is 24.3 Å². The molecule has 116 valence electrons. The summed E-state index contributed by atoms with van der Waals surface area (Å²) in [5.74, 6) is 1.03. The maximum absolute atomic E-state index is 12.2. The average Bonchev–Trinajstić information content (AvgIpc) is 2.50. The number of hydrogen-bond donors (Lipinski definition) is 2. The average molecular weight is 336 g/mol. The van der Waals surface area contributed by atoms with Gasteiger partial charge in [0.15, 0.2) is 0 Å². The molecule has 1 amide bonds. The van der Waals surface area contributed by atoms with E-state index in [1.807, 2.05) is 23.9 Å².